The Morgan fingerprint density at radius 1 is 1.29 bits per heavy atom. The summed E-state index contributed by atoms with van der Waals surface area (Å²) in [6.45, 7) is 3.83. The molecule has 0 fully saturated rings. The van der Waals surface area contributed by atoms with Crippen LogP contribution in [-0.4, -0.2) is 0 Å². The molecule has 0 saturated heterocycles. The zero-order valence-corrected chi connectivity index (χ0v) is 10.9. The average molecular weight is 249 g/mol. The lowest BCUT2D eigenvalue weighted by Crippen LogP contribution is -2.05. The van der Waals surface area contributed by atoms with Crippen LogP contribution in [0.3, 0.4) is 0 Å². The summed E-state index contributed by atoms with van der Waals surface area (Å²) in [6.07, 6.45) is 0.919. The predicted octanol–water partition coefficient (Wildman–Crippen LogP) is 4.27. The van der Waals surface area contributed by atoms with Crippen LogP contribution in [0.1, 0.15) is 29.8 Å². The first-order valence-electron chi connectivity index (χ1n) is 5.73. The number of thiophene rings is 1. The third-order valence-electron chi connectivity index (χ3n) is 2.89. The molecular formula is C14H16FNS. The molecule has 1 aromatic heterocycles. The molecule has 0 radical (unpaired) electrons. The summed E-state index contributed by atoms with van der Waals surface area (Å²) in [5.41, 5.74) is 7.58. The monoisotopic (exact) mass is 249 g/mol. The normalized spacial score (nSPS) is 12.7. The maximum atomic E-state index is 13.5. The fraction of sp³-hybridized carbons (Fsp3) is 0.286. The number of halogens is 1. The third kappa shape index (κ3) is 2.56. The van der Waals surface area contributed by atoms with Gasteiger partial charge >= 0.3 is 0 Å². The van der Waals surface area contributed by atoms with E-state index in [1.54, 1.807) is 24.3 Å². The van der Waals surface area contributed by atoms with Crippen LogP contribution in [0.5, 0.6) is 0 Å². The average Bonchev–Trinajstić information content (AvgIpc) is 2.81. The molecule has 1 heterocycles. The van der Waals surface area contributed by atoms with Gasteiger partial charge in [0.15, 0.2) is 0 Å². The molecule has 0 saturated carbocycles. The van der Waals surface area contributed by atoms with Crippen molar-refractivity contribution in [2.75, 3.05) is 0 Å². The summed E-state index contributed by atoms with van der Waals surface area (Å²) >= 11 is 1.64. The van der Waals surface area contributed by atoms with Gasteiger partial charge in [-0.05, 0) is 42.7 Å². The van der Waals surface area contributed by atoms with Crippen LogP contribution < -0.4 is 5.73 Å². The second kappa shape index (κ2) is 4.98. The summed E-state index contributed by atoms with van der Waals surface area (Å²) in [6, 6.07) is 9.48. The van der Waals surface area contributed by atoms with Gasteiger partial charge in [-0.1, -0.05) is 19.1 Å². The van der Waals surface area contributed by atoms with Crippen molar-refractivity contribution in [2.24, 2.45) is 5.73 Å². The zero-order chi connectivity index (χ0) is 12.4. The van der Waals surface area contributed by atoms with Gasteiger partial charge in [-0.2, -0.15) is 0 Å². The van der Waals surface area contributed by atoms with Gasteiger partial charge in [-0.15, -0.1) is 11.3 Å². The second-order valence-corrected chi connectivity index (χ2v) is 5.30. The molecule has 1 unspecified atom stereocenters. The van der Waals surface area contributed by atoms with E-state index in [9.17, 15) is 4.39 Å². The van der Waals surface area contributed by atoms with Crippen LogP contribution in [-0.2, 0) is 0 Å². The molecular weight excluding hydrogens is 233 g/mol. The van der Waals surface area contributed by atoms with Crippen molar-refractivity contribution in [2.45, 2.75) is 26.3 Å². The Morgan fingerprint density at radius 3 is 2.71 bits per heavy atom. The van der Waals surface area contributed by atoms with Gasteiger partial charge in [0.05, 0.1) is 0 Å². The predicted molar refractivity (Wildman–Crippen MR) is 71.7 cm³/mol. The standard InChI is InChI=1S/C14H16FNS/c1-3-12(16)14-7-6-13(17-14)10-5-4-9(2)11(15)8-10/h4-8,12H,3,16H2,1-2H3. The number of benzene rings is 1. The first-order chi connectivity index (χ1) is 8.11. The van der Waals surface area contributed by atoms with Crippen LogP contribution in [0.4, 0.5) is 4.39 Å². The van der Waals surface area contributed by atoms with E-state index in [2.05, 4.69) is 6.92 Å². The zero-order valence-electron chi connectivity index (χ0n) is 10.0. The summed E-state index contributed by atoms with van der Waals surface area (Å²) in [7, 11) is 0. The molecule has 2 aromatic rings. The highest BCUT2D eigenvalue weighted by Gasteiger charge is 2.09. The van der Waals surface area contributed by atoms with E-state index >= 15 is 0 Å². The molecule has 17 heavy (non-hydrogen) atoms. The van der Waals surface area contributed by atoms with Crippen molar-refractivity contribution >= 4 is 11.3 Å². The molecule has 3 heteroatoms. The Hall–Kier alpha value is -1.19. The lowest BCUT2D eigenvalue weighted by molar-refractivity contribution is 0.619. The van der Waals surface area contributed by atoms with E-state index in [1.165, 1.54) is 0 Å². The second-order valence-electron chi connectivity index (χ2n) is 4.18. The van der Waals surface area contributed by atoms with E-state index in [4.69, 9.17) is 5.73 Å². The quantitative estimate of drug-likeness (QED) is 0.863. The van der Waals surface area contributed by atoms with Gasteiger partial charge < -0.3 is 5.73 Å². The van der Waals surface area contributed by atoms with Crippen LogP contribution in [0.2, 0.25) is 0 Å². The maximum absolute atomic E-state index is 13.5. The Kier molecular flexibility index (Phi) is 3.60. The van der Waals surface area contributed by atoms with Gasteiger partial charge in [0.1, 0.15) is 5.82 Å². The molecule has 90 valence electrons. The number of hydrogen-bond donors (Lipinski definition) is 1. The molecule has 0 aliphatic rings. The van der Waals surface area contributed by atoms with Crippen LogP contribution >= 0.6 is 11.3 Å². The molecule has 0 bridgehead atoms. The van der Waals surface area contributed by atoms with Gasteiger partial charge in [-0.25, -0.2) is 4.39 Å². The van der Waals surface area contributed by atoms with E-state index in [-0.39, 0.29) is 11.9 Å². The minimum Gasteiger partial charge on any atom is -0.323 e. The van der Waals surface area contributed by atoms with Crippen molar-refractivity contribution in [3.05, 3.63) is 46.6 Å². The Morgan fingerprint density at radius 2 is 2.06 bits per heavy atom. The summed E-state index contributed by atoms with van der Waals surface area (Å²) in [4.78, 5) is 2.23. The summed E-state index contributed by atoms with van der Waals surface area (Å²) in [5, 5.41) is 0. The number of rotatable bonds is 3. The topological polar surface area (TPSA) is 26.0 Å². The molecule has 0 aliphatic heterocycles. The van der Waals surface area contributed by atoms with Crippen LogP contribution in [0.25, 0.3) is 10.4 Å². The van der Waals surface area contributed by atoms with Crippen molar-refractivity contribution < 1.29 is 4.39 Å². The first kappa shape index (κ1) is 12.3. The minimum absolute atomic E-state index is 0.0871. The molecule has 1 nitrogen and oxygen atoms in total. The van der Waals surface area contributed by atoms with Crippen LogP contribution in [0.15, 0.2) is 30.3 Å². The molecule has 0 aliphatic carbocycles. The van der Waals surface area contributed by atoms with Gasteiger partial charge in [0.25, 0.3) is 0 Å². The van der Waals surface area contributed by atoms with Gasteiger partial charge in [-0.3, -0.25) is 0 Å². The van der Waals surface area contributed by atoms with E-state index in [1.807, 2.05) is 24.3 Å². The summed E-state index contributed by atoms with van der Waals surface area (Å²) < 4.78 is 13.5. The molecule has 0 spiro atoms. The van der Waals surface area contributed by atoms with Crippen molar-refractivity contribution in [3.63, 3.8) is 0 Å². The molecule has 2 N–H and O–H groups in total. The van der Waals surface area contributed by atoms with Crippen molar-refractivity contribution in [3.8, 4) is 10.4 Å². The fourth-order valence-electron chi connectivity index (χ4n) is 1.65. The van der Waals surface area contributed by atoms with Crippen molar-refractivity contribution in [1.82, 2.24) is 0 Å². The van der Waals surface area contributed by atoms with Gasteiger partial charge in [0.2, 0.25) is 0 Å². The Balaban J connectivity index is 2.33. The lowest BCUT2D eigenvalue weighted by Gasteiger charge is -2.04. The molecule has 1 atom stereocenters. The Labute approximate surface area is 105 Å². The number of aryl methyl sites for hydroxylation is 1. The van der Waals surface area contributed by atoms with Gasteiger partial charge in [0, 0.05) is 15.8 Å². The fourth-order valence-corrected chi connectivity index (χ4v) is 2.74. The Bertz CT molecular complexity index is 519. The third-order valence-corrected chi connectivity index (χ3v) is 4.15. The number of hydrogen-bond acceptors (Lipinski definition) is 2. The van der Waals surface area contributed by atoms with Crippen LogP contribution in [0, 0.1) is 12.7 Å². The lowest BCUT2D eigenvalue weighted by atomic mass is 10.1. The molecule has 0 amide bonds. The van der Waals surface area contributed by atoms with E-state index < -0.39 is 0 Å². The molecule has 1 aromatic carbocycles. The summed E-state index contributed by atoms with van der Waals surface area (Å²) in [5.74, 6) is -0.155. The van der Waals surface area contributed by atoms with E-state index in [0.29, 0.717) is 5.56 Å². The highest BCUT2D eigenvalue weighted by Crippen LogP contribution is 2.32. The highest BCUT2D eigenvalue weighted by atomic mass is 32.1. The maximum Gasteiger partial charge on any atom is 0.126 e. The van der Waals surface area contributed by atoms with E-state index in [0.717, 1.165) is 21.7 Å². The van der Waals surface area contributed by atoms with Crippen molar-refractivity contribution in [1.29, 1.82) is 0 Å². The molecule has 2 rings (SSSR count). The SMILES string of the molecule is CCC(N)c1ccc(-c2ccc(C)c(F)c2)s1. The number of nitrogens with two attached hydrogens (primary N) is 1. The smallest absolute Gasteiger partial charge is 0.126 e. The highest BCUT2D eigenvalue weighted by molar-refractivity contribution is 7.15. The minimum atomic E-state index is -0.155. The first-order valence-corrected chi connectivity index (χ1v) is 6.55. The largest absolute Gasteiger partial charge is 0.323 e.